The second kappa shape index (κ2) is 9.03. The average Bonchev–Trinajstić information content (AvgIpc) is 2.55. The molecular weight excluding hydrogens is 272 g/mol. The average molecular weight is 298 g/mol. The molecule has 2 N–H and O–H groups in total. The predicted octanol–water partition coefficient (Wildman–Crippen LogP) is 3.13. The highest BCUT2D eigenvalue weighted by atomic mass is 15.2. The molecule has 1 heterocycles. The maximum absolute atomic E-state index is 4.58. The van der Waals surface area contributed by atoms with Gasteiger partial charge in [-0.05, 0) is 31.4 Å². The SMILES string of the molecule is CCCCN=C(NCC)NCCc1cccc2cccnc12. The van der Waals surface area contributed by atoms with Gasteiger partial charge in [0, 0.05) is 31.2 Å². The lowest BCUT2D eigenvalue weighted by atomic mass is 10.1. The molecule has 2 rings (SSSR count). The maximum Gasteiger partial charge on any atom is 0.191 e. The molecule has 22 heavy (non-hydrogen) atoms. The second-order valence-corrected chi connectivity index (χ2v) is 5.28. The second-order valence-electron chi connectivity index (χ2n) is 5.28. The van der Waals surface area contributed by atoms with E-state index in [1.54, 1.807) is 0 Å². The molecule has 0 spiro atoms. The molecule has 0 aliphatic carbocycles. The summed E-state index contributed by atoms with van der Waals surface area (Å²) in [7, 11) is 0. The van der Waals surface area contributed by atoms with Crippen LogP contribution >= 0.6 is 0 Å². The molecule has 0 amide bonds. The van der Waals surface area contributed by atoms with Crippen LogP contribution < -0.4 is 10.6 Å². The molecule has 2 aromatic rings. The minimum atomic E-state index is 0.855. The number of hydrogen-bond acceptors (Lipinski definition) is 2. The third-order valence-electron chi connectivity index (χ3n) is 3.53. The number of aromatic nitrogens is 1. The third kappa shape index (κ3) is 4.72. The highest BCUT2D eigenvalue weighted by Crippen LogP contribution is 2.15. The van der Waals surface area contributed by atoms with Gasteiger partial charge in [-0.15, -0.1) is 0 Å². The van der Waals surface area contributed by atoms with Crippen molar-refractivity contribution >= 4 is 16.9 Å². The van der Waals surface area contributed by atoms with Crippen LogP contribution in [0.25, 0.3) is 10.9 Å². The summed E-state index contributed by atoms with van der Waals surface area (Å²) in [4.78, 5) is 9.08. The molecule has 0 unspecified atom stereocenters. The number of fused-ring (bicyclic) bond motifs is 1. The van der Waals surface area contributed by atoms with Gasteiger partial charge in [-0.1, -0.05) is 37.6 Å². The van der Waals surface area contributed by atoms with Crippen molar-refractivity contribution in [2.45, 2.75) is 33.1 Å². The highest BCUT2D eigenvalue weighted by Gasteiger charge is 2.02. The molecule has 0 fully saturated rings. The van der Waals surface area contributed by atoms with Gasteiger partial charge in [0.05, 0.1) is 5.52 Å². The Kier molecular flexibility index (Phi) is 6.68. The van der Waals surface area contributed by atoms with E-state index in [0.717, 1.165) is 44.0 Å². The summed E-state index contributed by atoms with van der Waals surface area (Å²) >= 11 is 0. The minimum absolute atomic E-state index is 0.855. The van der Waals surface area contributed by atoms with Crippen molar-refractivity contribution in [2.75, 3.05) is 19.6 Å². The number of rotatable bonds is 7. The number of nitrogens with zero attached hydrogens (tertiary/aromatic N) is 2. The van der Waals surface area contributed by atoms with E-state index in [-0.39, 0.29) is 0 Å². The molecule has 0 saturated carbocycles. The predicted molar refractivity (Wildman–Crippen MR) is 94.3 cm³/mol. The van der Waals surface area contributed by atoms with E-state index in [4.69, 9.17) is 0 Å². The van der Waals surface area contributed by atoms with E-state index in [2.05, 4.69) is 58.7 Å². The molecular formula is C18H26N4. The summed E-state index contributed by atoms with van der Waals surface area (Å²) < 4.78 is 0. The molecule has 0 aliphatic heterocycles. The van der Waals surface area contributed by atoms with Crippen molar-refractivity contribution in [1.82, 2.24) is 15.6 Å². The van der Waals surface area contributed by atoms with Crippen molar-refractivity contribution in [3.05, 3.63) is 42.1 Å². The Morgan fingerprint density at radius 3 is 2.82 bits per heavy atom. The van der Waals surface area contributed by atoms with Crippen LogP contribution in [-0.4, -0.2) is 30.6 Å². The van der Waals surface area contributed by atoms with Crippen molar-refractivity contribution in [3.63, 3.8) is 0 Å². The molecule has 0 aliphatic rings. The van der Waals surface area contributed by atoms with E-state index in [1.807, 2.05) is 12.3 Å². The van der Waals surface area contributed by atoms with Gasteiger partial charge < -0.3 is 10.6 Å². The highest BCUT2D eigenvalue weighted by molar-refractivity contribution is 5.82. The number of hydrogen-bond donors (Lipinski definition) is 2. The van der Waals surface area contributed by atoms with Crippen LogP contribution in [-0.2, 0) is 6.42 Å². The normalized spacial score (nSPS) is 11.6. The van der Waals surface area contributed by atoms with Gasteiger partial charge in [0.2, 0.25) is 0 Å². The first-order valence-corrected chi connectivity index (χ1v) is 8.20. The Balaban J connectivity index is 1.94. The summed E-state index contributed by atoms with van der Waals surface area (Å²) in [6.45, 7) is 6.89. The van der Waals surface area contributed by atoms with Gasteiger partial charge in [0.25, 0.3) is 0 Å². The fraction of sp³-hybridized carbons (Fsp3) is 0.444. The quantitative estimate of drug-likeness (QED) is 0.469. The van der Waals surface area contributed by atoms with Gasteiger partial charge >= 0.3 is 0 Å². The maximum atomic E-state index is 4.58. The number of unbranched alkanes of at least 4 members (excludes halogenated alkanes) is 1. The number of aliphatic imine (C=N–C) groups is 1. The lowest BCUT2D eigenvalue weighted by molar-refractivity contribution is 0.768. The molecule has 1 aromatic carbocycles. The molecule has 4 nitrogen and oxygen atoms in total. The van der Waals surface area contributed by atoms with E-state index in [0.29, 0.717) is 0 Å². The molecule has 1 aromatic heterocycles. The zero-order valence-electron chi connectivity index (χ0n) is 13.6. The van der Waals surface area contributed by atoms with E-state index >= 15 is 0 Å². The lowest BCUT2D eigenvalue weighted by Gasteiger charge is -2.12. The minimum Gasteiger partial charge on any atom is -0.357 e. The van der Waals surface area contributed by atoms with Crippen LogP contribution in [0.4, 0.5) is 0 Å². The first kappa shape index (κ1) is 16.3. The van der Waals surface area contributed by atoms with Crippen molar-refractivity contribution in [1.29, 1.82) is 0 Å². The van der Waals surface area contributed by atoms with Gasteiger partial charge in [-0.2, -0.15) is 0 Å². The first-order chi connectivity index (χ1) is 10.8. The Labute approximate surface area is 133 Å². The van der Waals surface area contributed by atoms with E-state index < -0.39 is 0 Å². The zero-order valence-corrected chi connectivity index (χ0v) is 13.6. The van der Waals surface area contributed by atoms with Gasteiger partial charge in [0.1, 0.15) is 0 Å². The third-order valence-corrected chi connectivity index (χ3v) is 3.53. The summed E-state index contributed by atoms with van der Waals surface area (Å²) in [6, 6.07) is 10.4. The summed E-state index contributed by atoms with van der Waals surface area (Å²) in [6.07, 6.45) is 5.09. The molecule has 4 heteroatoms. The fourth-order valence-electron chi connectivity index (χ4n) is 2.38. The van der Waals surface area contributed by atoms with Crippen LogP contribution in [0.2, 0.25) is 0 Å². The van der Waals surface area contributed by atoms with Gasteiger partial charge in [-0.3, -0.25) is 9.98 Å². The van der Waals surface area contributed by atoms with Crippen LogP contribution in [0.1, 0.15) is 32.3 Å². The molecule has 118 valence electrons. The Morgan fingerprint density at radius 1 is 1.14 bits per heavy atom. The van der Waals surface area contributed by atoms with Crippen molar-refractivity contribution < 1.29 is 0 Å². The van der Waals surface area contributed by atoms with Crippen molar-refractivity contribution in [3.8, 4) is 0 Å². The Morgan fingerprint density at radius 2 is 2.00 bits per heavy atom. The number of nitrogens with one attached hydrogen (secondary N) is 2. The van der Waals surface area contributed by atoms with Crippen LogP contribution in [0.15, 0.2) is 41.5 Å². The number of para-hydroxylation sites is 1. The standard InChI is InChI=1S/C18H26N4/c1-3-5-12-21-18(19-4-2)22-14-11-16-9-6-8-15-10-7-13-20-17(15)16/h6-10,13H,3-5,11-12,14H2,1-2H3,(H2,19,21,22). The van der Waals surface area contributed by atoms with Gasteiger partial charge in [-0.25, -0.2) is 0 Å². The van der Waals surface area contributed by atoms with Crippen LogP contribution in [0, 0.1) is 0 Å². The summed E-state index contributed by atoms with van der Waals surface area (Å²) in [5.41, 5.74) is 2.37. The van der Waals surface area contributed by atoms with E-state index in [1.165, 1.54) is 17.4 Å². The molecule has 0 saturated heterocycles. The number of benzene rings is 1. The largest absolute Gasteiger partial charge is 0.357 e. The first-order valence-electron chi connectivity index (χ1n) is 8.20. The summed E-state index contributed by atoms with van der Waals surface area (Å²) in [5, 5.41) is 7.89. The summed E-state index contributed by atoms with van der Waals surface area (Å²) in [5.74, 6) is 0.907. The Bertz CT molecular complexity index is 602. The van der Waals surface area contributed by atoms with Crippen LogP contribution in [0.5, 0.6) is 0 Å². The molecule has 0 atom stereocenters. The number of guanidine groups is 1. The molecule has 0 radical (unpaired) electrons. The smallest absolute Gasteiger partial charge is 0.191 e. The Hall–Kier alpha value is -2.10. The van der Waals surface area contributed by atoms with Gasteiger partial charge in [0.15, 0.2) is 5.96 Å². The molecule has 0 bridgehead atoms. The monoisotopic (exact) mass is 298 g/mol. The fourth-order valence-corrected chi connectivity index (χ4v) is 2.38. The van der Waals surface area contributed by atoms with E-state index in [9.17, 15) is 0 Å². The van der Waals surface area contributed by atoms with Crippen LogP contribution in [0.3, 0.4) is 0 Å². The number of pyridine rings is 1. The van der Waals surface area contributed by atoms with Crippen molar-refractivity contribution in [2.24, 2.45) is 4.99 Å². The lowest BCUT2D eigenvalue weighted by Crippen LogP contribution is -2.38. The zero-order chi connectivity index (χ0) is 15.6. The topological polar surface area (TPSA) is 49.3 Å².